The van der Waals surface area contributed by atoms with E-state index in [1.807, 2.05) is 54.9 Å². The number of imidazole rings is 1. The molecule has 4 nitrogen and oxygen atoms in total. The van der Waals surface area contributed by atoms with E-state index in [1.54, 1.807) is 19.3 Å². The van der Waals surface area contributed by atoms with E-state index in [4.69, 9.17) is 0 Å². The van der Waals surface area contributed by atoms with E-state index in [1.165, 1.54) is 10.1 Å². The molecule has 23 heavy (non-hydrogen) atoms. The van der Waals surface area contributed by atoms with Crippen molar-refractivity contribution in [3.8, 4) is 17.5 Å². The first-order chi connectivity index (χ1) is 11.0. The maximum atomic E-state index is 11.8. The molecule has 0 aliphatic heterocycles. The minimum atomic E-state index is -0.0528. The Hall–Kier alpha value is -3.06. The van der Waals surface area contributed by atoms with E-state index >= 15 is 0 Å². The highest BCUT2D eigenvalue weighted by molar-refractivity contribution is 5.42. The summed E-state index contributed by atoms with van der Waals surface area (Å²) in [6.45, 7) is 3.94. The van der Waals surface area contributed by atoms with Gasteiger partial charge in [0.2, 0.25) is 0 Å². The number of aryl methyl sites for hydroxylation is 3. The monoisotopic (exact) mass is 303 g/mol. The first-order valence-corrected chi connectivity index (χ1v) is 7.35. The zero-order chi connectivity index (χ0) is 16.4. The Kier molecular flexibility index (Phi) is 3.86. The van der Waals surface area contributed by atoms with Crippen LogP contribution < -0.4 is 5.56 Å². The highest BCUT2D eigenvalue weighted by Gasteiger charge is 2.05. The molecule has 4 heteroatoms. The van der Waals surface area contributed by atoms with Crippen molar-refractivity contribution < 1.29 is 0 Å². The maximum Gasteiger partial charge on any atom is 0.252 e. The van der Waals surface area contributed by atoms with E-state index in [9.17, 15) is 4.79 Å². The number of pyridine rings is 1. The highest BCUT2D eigenvalue weighted by Crippen LogP contribution is 2.10. The number of benzene rings is 1. The topological polar surface area (TPSA) is 39.8 Å². The summed E-state index contributed by atoms with van der Waals surface area (Å²) in [5.41, 5.74) is 3.57. The van der Waals surface area contributed by atoms with Gasteiger partial charge in [0.05, 0.1) is 5.69 Å². The second-order valence-corrected chi connectivity index (χ2v) is 5.50. The van der Waals surface area contributed by atoms with Crippen molar-refractivity contribution in [1.29, 1.82) is 0 Å². The molecule has 0 bridgehead atoms. The molecule has 0 radical (unpaired) electrons. The van der Waals surface area contributed by atoms with Gasteiger partial charge in [-0.05, 0) is 43.5 Å². The van der Waals surface area contributed by atoms with Crippen molar-refractivity contribution in [2.24, 2.45) is 7.05 Å². The second-order valence-electron chi connectivity index (χ2n) is 5.50. The van der Waals surface area contributed by atoms with Gasteiger partial charge in [0.15, 0.2) is 0 Å². The lowest BCUT2D eigenvalue weighted by molar-refractivity contribution is 0.847. The van der Waals surface area contributed by atoms with E-state index in [0.717, 1.165) is 17.1 Å². The molecule has 114 valence electrons. The Morgan fingerprint density at radius 2 is 1.91 bits per heavy atom. The summed E-state index contributed by atoms with van der Waals surface area (Å²) in [5, 5.41) is 0. The number of nitrogens with zero attached hydrogens (tertiary/aromatic N) is 3. The van der Waals surface area contributed by atoms with Gasteiger partial charge < -0.3 is 9.13 Å². The van der Waals surface area contributed by atoms with E-state index < -0.39 is 0 Å². The summed E-state index contributed by atoms with van der Waals surface area (Å²) >= 11 is 0. The summed E-state index contributed by atoms with van der Waals surface area (Å²) in [6, 6.07) is 11.5. The Labute approximate surface area is 135 Å². The lowest BCUT2D eigenvalue weighted by Crippen LogP contribution is -2.15. The predicted molar refractivity (Wildman–Crippen MR) is 90.7 cm³/mol. The van der Waals surface area contributed by atoms with Gasteiger partial charge in [-0.25, -0.2) is 4.98 Å². The molecular formula is C19H17N3O. The first-order valence-electron chi connectivity index (χ1n) is 7.35. The van der Waals surface area contributed by atoms with Crippen LogP contribution in [0.4, 0.5) is 0 Å². The normalized spacial score (nSPS) is 10.2. The van der Waals surface area contributed by atoms with Crippen LogP contribution in [0.3, 0.4) is 0 Å². The van der Waals surface area contributed by atoms with Crippen molar-refractivity contribution in [1.82, 2.24) is 14.1 Å². The fourth-order valence-corrected chi connectivity index (χ4v) is 2.34. The average molecular weight is 303 g/mol. The van der Waals surface area contributed by atoms with Crippen molar-refractivity contribution >= 4 is 0 Å². The Morgan fingerprint density at radius 1 is 1.09 bits per heavy atom. The quantitative estimate of drug-likeness (QED) is 0.648. The van der Waals surface area contributed by atoms with Crippen LogP contribution in [-0.4, -0.2) is 14.1 Å². The van der Waals surface area contributed by atoms with Crippen LogP contribution in [0, 0.1) is 25.7 Å². The van der Waals surface area contributed by atoms with Crippen LogP contribution in [0.1, 0.15) is 22.6 Å². The molecule has 0 atom stereocenters. The number of rotatable bonds is 1. The SMILES string of the molecule is Cc1cccc(C#Cc2cn(-c3ccn(C)c(=O)c3)c(C)n2)c1. The van der Waals surface area contributed by atoms with Gasteiger partial charge in [0, 0.05) is 31.1 Å². The van der Waals surface area contributed by atoms with Gasteiger partial charge in [-0.3, -0.25) is 4.79 Å². The fourth-order valence-electron chi connectivity index (χ4n) is 2.34. The van der Waals surface area contributed by atoms with Gasteiger partial charge in [0.1, 0.15) is 11.5 Å². The molecule has 0 N–H and O–H groups in total. The maximum absolute atomic E-state index is 11.8. The van der Waals surface area contributed by atoms with E-state index in [-0.39, 0.29) is 5.56 Å². The zero-order valence-corrected chi connectivity index (χ0v) is 13.4. The molecule has 2 heterocycles. The van der Waals surface area contributed by atoms with Gasteiger partial charge in [-0.1, -0.05) is 18.1 Å². The van der Waals surface area contributed by atoms with Crippen molar-refractivity contribution in [3.05, 3.63) is 81.8 Å². The molecular weight excluding hydrogens is 286 g/mol. The Morgan fingerprint density at radius 3 is 2.65 bits per heavy atom. The van der Waals surface area contributed by atoms with E-state index in [2.05, 4.69) is 16.8 Å². The third kappa shape index (κ3) is 3.24. The van der Waals surface area contributed by atoms with Crippen LogP contribution in [0.15, 0.2) is 53.6 Å². The summed E-state index contributed by atoms with van der Waals surface area (Å²) in [7, 11) is 1.73. The standard InChI is InChI=1S/C19H17N3O/c1-14-5-4-6-16(11-14)7-8-17-13-22(15(2)20-17)18-9-10-21(3)19(23)12-18/h4-6,9-13H,1-3H3. The Balaban J connectivity index is 1.95. The Bertz CT molecular complexity index is 984. The molecule has 0 saturated carbocycles. The molecule has 0 spiro atoms. The molecule has 0 saturated heterocycles. The summed E-state index contributed by atoms with van der Waals surface area (Å²) in [5.74, 6) is 7.00. The van der Waals surface area contributed by atoms with Crippen LogP contribution in [0.2, 0.25) is 0 Å². The van der Waals surface area contributed by atoms with Gasteiger partial charge in [-0.2, -0.15) is 0 Å². The van der Waals surface area contributed by atoms with Gasteiger partial charge in [0.25, 0.3) is 5.56 Å². The summed E-state index contributed by atoms with van der Waals surface area (Å²) < 4.78 is 3.41. The third-order valence-electron chi connectivity index (χ3n) is 3.60. The molecule has 3 rings (SSSR count). The van der Waals surface area contributed by atoms with Crippen LogP contribution in [0.5, 0.6) is 0 Å². The van der Waals surface area contributed by atoms with Crippen LogP contribution in [-0.2, 0) is 7.05 Å². The largest absolute Gasteiger partial charge is 0.318 e. The second kappa shape index (κ2) is 5.98. The molecule has 0 unspecified atom stereocenters. The number of aromatic nitrogens is 3. The smallest absolute Gasteiger partial charge is 0.252 e. The number of hydrogen-bond donors (Lipinski definition) is 0. The number of hydrogen-bond acceptors (Lipinski definition) is 2. The molecule has 0 aliphatic carbocycles. The van der Waals surface area contributed by atoms with Crippen molar-refractivity contribution in [3.63, 3.8) is 0 Å². The summed E-state index contributed by atoms with van der Waals surface area (Å²) in [6.07, 6.45) is 3.60. The minimum Gasteiger partial charge on any atom is -0.318 e. The zero-order valence-electron chi connectivity index (χ0n) is 13.4. The predicted octanol–water partition coefficient (Wildman–Crippen LogP) is 2.59. The van der Waals surface area contributed by atoms with Crippen molar-refractivity contribution in [2.75, 3.05) is 0 Å². The average Bonchev–Trinajstić information content (AvgIpc) is 2.89. The third-order valence-corrected chi connectivity index (χ3v) is 3.60. The van der Waals surface area contributed by atoms with Crippen LogP contribution in [0.25, 0.3) is 5.69 Å². The fraction of sp³-hybridized carbons (Fsp3) is 0.158. The van der Waals surface area contributed by atoms with Gasteiger partial charge >= 0.3 is 0 Å². The molecule has 0 aliphatic rings. The highest BCUT2D eigenvalue weighted by atomic mass is 16.1. The minimum absolute atomic E-state index is 0.0528. The first kappa shape index (κ1) is 14.9. The van der Waals surface area contributed by atoms with Gasteiger partial charge in [-0.15, -0.1) is 0 Å². The molecule has 0 fully saturated rings. The lowest BCUT2D eigenvalue weighted by atomic mass is 10.1. The molecule has 3 aromatic rings. The molecule has 1 aromatic carbocycles. The van der Waals surface area contributed by atoms with Crippen LogP contribution >= 0.6 is 0 Å². The molecule has 2 aromatic heterocycles. The molecule has 0 amide bonds. The lowest BCUT2D eigenvalue weighted by Gasteiger charge is -2.04. The van der Waals surface area contributed by atoms with E-state index in [0.29, 0.717) is 5.69 Å². The summed E-state index contributed by atoms with van der Waals surface area (Å²) in [4.78, 5) is 16.2. The van der Waals surface area contributed by atoms with Crippen molar-refractivity contribution in [2.45, 2.75) is 13.8 Å².